The molecule has 1 heterocycles. The van der Waals surface area contributed by atoms with Crippen molar-refractivity contribution < 1.29 is 26.5 Å². The van der Waals surface area contributed by atoms with Gasteiger partial charge in [0.1, 0.15) is 6.10 Å². The standard InChI is InChI=1S/C9H16N2O2S.BrH/c1-2-3-6-4-7(13-8(6)12)5-14-9(10)11;/h6-7H,2-5H2,1H3,(H3,10,11);1H/p-1. The topological polar surface area (TPSA) is 76.2 Å². The SMILES string of the molecule is CCCC1CC(CSC(=N)N)OC1=O.[Br-]. The van der Waals surface area contributed by atoms with Crippen LogP contribution >= 0.6 is 11.8 Å². The average molecular weight is 296 g/mol. The van der Waals surface area contributed by atoms with Crippen LogP contribution in [-0.4, -0.2) is 23.0 Å². The monoisotopic (exact) mass is 295 g/mol. The summed E-state index contributed by atoms with van der Waals surface area (Å²) in [7, 11) is 0. The number of nitrogens with one attached hydrogen (secondary N) is 1. The molecule has 0 amide bonds. The lowest BCUT2D eigenvalue weighted by Crippen LogP contribution is -3.00. The lowest BCUT2D eigenvalue weighted by Gasteiger charge is -2.06. The molecule has 0 bridgehead atoms. The summed E-state index contributed by atoms with van der Waals surface area (Å²) < 4.78 is 5.16. The molecule has 6 heteroatoms. The second kappa shape index (κ2) is 7.11. The van der Waals surface area contributed by atoms with Gasteiger partial charge in [-0.2, -0.15) is 0 Å². The first-order chi connectivity index (χ1) is 6.63. The van der Waals surface area contributed by atoms with Crippen molar-refractivity contribution in [3.63, 3.8) is 0 Å². The molecule has 1 aliphatic heterocycles. The number of thioether (sulfide) groups is 1. The Balaban J connectivity index is 0.00000196. The van der Waals surface area contributed by atoms with Crippen molar-refractivity contribution in [3.8, 4) is 0 Å². The largest absolute Gasteiger partial charge is 1.00 e. The zero-order valence-corrected chi connectivity index (χ0v) is 11.1. The first-order valence-corrected chi connectivity index (χ1v) is 5.79. The van der Waals surface area contributed by atoms with Crippen molar-refractivity contribution in [3.05, 3.63) is 0 Å². The smallest absolute Gasteiger partial charge is 0.309 e. The van der Waals surface area contributed by atoms with E-state index in [0.717, 1.165) is 19.3 Å². The molecule has 1 saturated heterocycles. The summed E-state index contributed by atoms with van der Waals surface area (Å²) in [6.45, 7) is 2.06. The third-order valence-electron chi connectivity index (χ3n) is 2.23. The first-order valence-electron chi connectivity index (χ1n) is 4.80. The van der Waals surface area contributed by atoms with Gasteiger partial charge in [-0.15, -0.1) is 0 Å². The van der Waals surface area contributed by atoms with Crippen molar-refractivity contribution in [2.45, 2.75) is 32.3 Å². The van der Waals surface area contributed by atoms with Gasteiger partial charge < -0.3 is 27.5 Å². The van der Waals surface area contributed by atoms with Crippen LogP contribution in [0, 0.1) is 11.3 Å². The maximum absolute atomic E-state index is 11.3. The fourth-order valence-corrected chi connectivity index (χ4v) is 2.16. The van der Waals surface area contributed by atoms with Crippen LogP contribution in [0.2, 0.25) is 0 Å². The third kappa shape index (κ3) is 4.88. The molecule has 3 N–H and O–H groups in total. The molecule has 1 rings (SSSR count). The van der Waals surface area contributed by atoms with E-state index in [2.05, 4.69) is 6.92 Å². The minimum Gasteiger partial charge on any atom is -1.00 e. The number of amidine groups is 1. The Morgan fingerprint density at radius 2 is 2.40 bits per heavy atom. The molecule has 4 nitrogen and oxygen atoms in total. The van der Waals surface area contributed by atoms with Gasteiger partial charge in [0, 0.05) is 5.75 Å². The summed E-state index contributed by atoms with van der Waals surface area (Å²) in [5.74, 6) is 0.597. The van der Waals surface area contributed by atoms with Gasteiger partial charge in [-0.25, -0.2) is 0 Å². The van der Waals surface area contributed by atoms with E-state index in [4.69, 9.17) is 15.9 Å². The Morgan fingerprint density at radius 1 is 1.73 bits per heavy atom. The first kappa shape index (κ1) is 14.8. The van der Waals surface area contributed by atoms with Gasteiger partial charge in [0.25, 0.3) is 0 Å². The summed E-state index contributed by atoms with van der Waals surface area (Å²) in [5.41, 5.74) is 5.20. The highest BCUT2D eigenvalue weighted by atomic mass is 79.9. The Hall–Kier alpha value is -0.230. The van der Waals surface area contributed by atoms with Gasteiger partial charge in [0.15, 0.2) is 5.17 Å². The number of esters is 1. The van der Waals surface area contributed by atoms with Crippen LogP contribution < -0.4 is 22.7 Å². The van der Waals surface area contributed by atoms with Crippen LogP contribution in [0.4, 0.5) is 0 Å². The minimum absolute atomic E-state index is 0. The van der Waals surface area contributed by atoms with Gasteiger partial charge in [0.2, 0.25) is 0 Å². The lowest BCUT2D eigenvalue weighted by atomic mass is 10.0. The van der Waals surface area contributed by atoms with Gasteiger partial charge in [-0.1, -0.05) is 25.1 Å². The number of nitrogens with two attached hydrogens (primary N) is 1. The van der Waals surface area contributed by atoms with Crippen molar-refractivity contribution in [1.29, 1.82) is 5.41 Å². The van der Waals surface area contributed by atoms with Crippen LogP contribution in [0.15, 0.2) is 0 Å². The fourth-order valence-electron chi connectivity index (χ4n) is 1.59. The molecule has 0 aliphatic carbocycles. The van der Waals surface area contributed by atoms with E-state index < -0.39 is 0 Å². The summed E-state index contributed by atoms with van der Waals surface area (Å²) in [6.07, 6.45) is 2.65. The second-order valence-electron chi connectivity index (χ2n) is 3.46. The van der Waals surface area contributed by atoms with E-state index in [9.17, 15) is 4.79 Å². The normalized spacial score (nSPS) is 24.5. The molecule has 2 unspecified atom stereocenters. The lowest BCUT2D eigenvalue weighted by molar-refractivity contribution is -0.143. The molecule has 0 saturated carbocycles. The number of halogens is 1. The molecule has 1 aliphatic rings. The maximum atomic E-state index is 11.3. The Kier molecular flexibility index (Phi) is 7.00. The summed E-state index contributed by atoms with van der Waals surface area (Å²) >= 11 is 1.23. The average Bonchev–Trinajstić information content (AvgIpc) is 2.45. The molecule has 0 radical (unpaired) electrons. The molecule has 2 atom stereocenters. The number of carbonyl (C=O) groups excluding carboxylic acids is 1. The zero-order valence-electron chi connectivity index (χ0n) is 8.66. The van der Waals surface area contributed by atoms with Crippen LogP contribution in [0.3, 0.4) is 0 Å². The van der Waals surface area contributed by atoms with Gasteiger partial charge >= 0.3 is 5.97 Å². The quantitative estimate of drug-likeness (QED) is 0.370. The van der Waals surface area contributed by atoms with Crippen molar-refractivity contribution in [1.82, 2.24) is 0 Å². The van der Waals surface area contributed by atoms with E-state index >= 15 is 0 Å². The summed E-state index contributed by atoms with van der Waals surface area (Å²) in [6, 6.07) is 0. The van der Waals surface area contributed by atoms with Crippen LogP contribution in [0.1, 0.15) is 26.2 Å². The van der Waals surface area contributed by atoms with E-state index in [1.54, 1.807) is 0 Å². The molecule has 0 aromatic rings. The number of cyclic esters (lactones) is 1. The fraction of sp³-hybridized carbons (Fsp3) is 0.778. The molecule has 0 aromatic heterocycles. The highest BCUT2D eigenvalue weighted by Crippen LogP contribution is 2.27. The van der Waals surface area contributed by atoms with Crippen LogP contribution in [0.5, 0.6) is 0 Å². The van der Waals surface area contributed by atoms with E-state index in [1.165, 1.54) is 11.8 Å². The third-order valence-corrected chi connectivity index (χ3v) is 3.07. The van der Waals surface area contributed by atoms with E-state index in [1.807, 2.05) is 0 Å². The molecular formula is C9H16BrN2O2S-. The maximum Gasteiger partial charge on any atom is 0.309 e. The number of ether oxygens (including phenoxy) is 1. The Labute approximate surface area is 105 Å². The molecule has 88 valence electrons. The Bertz CT molecular complexity index is 238. The second-order valence-corrected chi connectivity index (χ2v) is 4.52. The Morgan fingerprint density at radius 3 is 2.93 bits per heavy atom. The van der Waals surface area contributed by atoms with Gasteiger partial charge in [-0.3, -0.25) is 10.2 Å². The number of hydrogen-bond donors (Lipinski definition) is 2. The van der Waals surface area contributed by atoms with Crippen LogP contribution in [-0.2, 0) is 9.53 Å². The van der Waals surface area contributed by atoms with Crippen molar-refractivity contribution in [2.24, 2.45) is 11.7 Å². The van der Waals surface area contributed by atoms with E-state index in [0.29, 0.717) is 5.75 Å². The highest BCUT2D eigenvalue weighted by Gasteiger charge is 2.33. The van der Waals surface area contributed by atoms with Gasteiger partial charge in [-0.05, 0) is 12.8 Å². The molecule has 15 heavy (non-hydrogen) atoms. The van der Waals surface area contributed by atoms with Crippen LogP contribution in [0.25, 0.3) is 0 Å². The summed E-state index contributed by atoms with van der Waals surface area (Å²) in [5, 5.41) is 7.12. The minimum atomic E-state index is -0.0824. The predicted molar refractivity (Wildman–Crippen MR) is 57.3 cm³/mol. The number of rotatable bonds is 4. The molecule has 0 aromatic carbocycles. The van der Waals surface area contributed by atoms with Crippen molar-refractivity contribution >= 4 is 22.9 Å². The number of carbonyl (C=O) groups is 1. The molecular weight excluding hydrogens is 280 g/mol. The summed E-state index contributed by atoms with van der Waals surface area (Å²) in [4.78, 5) is 11.3. The zero-order chi connectivity index (χ0) is 10.6. The number of hydrogen-bond acceptors (Lipinski definition) is 4. The molecule has 1 fully saturated rings. The predicted octanol–water partition coefficient (Wildman–Crippen LogP) is -1.65. The van der Waals surface area contributed by atoms with Gasteiger partial charge in [0.05, 0.1) is 5.92 Å². The highest BCUT2D eigenvalue weighted by molar-refractivity contribution is 8.13. The molecule has 0 spiro atoms. The van der Waals surface area contributed by atoms with E-state index in [-0.39, 0.29) is 40.1 Å². The van der Waals surface area contributed by atoms with Crippen molar-refractivity contribution in [2.75, 3.05) is 5.75 Å².